The molecular weight excluding hydrogens is 393 g/mol. The fourth-order valence-electron chi connectivity index (χ4n) is 3.33. The molecule has 0 bridgehead atoms. The Morgan fingerprint density at radius 2 is 1.76 bits per heavy atom. The normalized spacial score (nSPS) is 14.7. The first-order chi connectivity index (χ1) is 14.0. The number of carbonyl (C=O) groups excluding carboxylic acids is 2. The summed E-state index contributed by atoms with van der Waals surface area (Å²) in [7, 11) is 0. The van der Waals surface area contributed by atoms with Gasteiger partial charge in [-0.25, -0.2) is 9.37 Å². The van der Waals surface area contributed by atoms with E-state index >= 15 is 0 Å². The summed E-state index contributed by atoms with van der Waals surface area (Å²) in [5.74, 6) is 0.384. The minimum atomic E-state index is -0.530. The highest BCUT2D eigenvalue weighted by Gasteiger charge is 2.26. The molecule has 1 aromatic carbocycles. The highest BCUT2D eigenvalue weighted by Crippen LogP contribution is 2.26. The van der Waals surface area contributed by atoms with E-state index in [-0.39, 0.29) is 17.4 Å². The Morgan fingerprint density at radius 1 is 1.03 bits per heavy atom. The number of aryl methyl sites for hydroxylation is 1. The zero-order valence-corrected chi connectivity index (χ0v) is 16.7. The van der Waals surface area contributed by atoms with E-state index in [0.29, 0.717) is 49.1 Å². The molecule has 0 spiro atoms. The van der Waals surface area contributed by atoms with Crippen molar-refractivity contribution in [3.8, 4) is 10.8 Å². The van der Waals surface area contributed by atoms with E-state index in [2.05, 4.69) is 4.98 Å². The smallest absolute Gasteiger partial charge is 0.273 e. The number of halogens is 1. The Morgan fingerprint density at radius 3 is 2.45 bits per heavy atom. The first kappa shape index (κ1) is 19.3. The Hall–Kier alpha value is -3.00. The van der Waals surface area contributed by atoms with Crippen LogP contribution in [0.2, 0.25) is 0 Å². The van der Waals surface area contributed by atoms with Gasteiger partial charge in [-0.2, -0.15) is 0 Å². The van der Waals surface area contributed by atoms with Gasteiger partial charge in [-0.15, -0.1) is 11.3 Å². The molecule has 29 heavy (non-hydrogen) atoms. The second-order valence-corrected chi connectivity index (χ2v) is 7.72. The van der Waals surface area contributed by atoms with Crippen LogP contribution in [0.15, 0.2) is 46.2 Å². The predicted molar refractivity (Wildman–Crippen MR) is 107 cm³/mol. The lowest BCUT2D eigenvalue weighted by atomic mass is 10.2. The average molecular weight is 413 g/mol. The summed E-state index contributed by atoms with van der Waals surface area (Å²) >= 11 is 1.36. The lowest BCUT2D eigenvalue weighted by Gasteiger charge is -2.22. The van der Waals surface area contributed by atoms with Crippen molar-refractivity contribution in [3.63, 3.8) is 0 Å². The first-order valence-corrected chi connectivity index (χ1v) is 10.3. The van der Waals surface area contributed by atoms with Crippen LogP contribution < -0.4 is 0 Å². The summed E-state index contributed by atoms with van der Waals surface area (Å²) in [6, 6.07) is 9.65. The summed E-state index contributed by atoms with van der Waals surface area (Å²) in [6.07, 6.45) is 0.625. The second kappa shape index (κ2) is 8.16. The van der Waals surface area contributed by atoms with Crippen molar-refractivity contribution >= 4 is 23.2 Å². The molecule has 0 saturated carbocycles. The first-order valence-electron chi connectivity index (χ1n) is 9.38. The molecule has 4 rings (SSSR count). The lowest BCUT2D eigenvalue weighted by Crippen LogP contribution is -2.37. The van der Waals surface area contributed by atoms with Crippen LogP contribution in [0.25, 0.3) is 10.8 Å². The van der Waals surface area contributed by atoms with Crippen LogP contribution in [0.3, 0.4) is 0 Å². The van der Waals surface area contributed by atoms with Gasteiger partial charge in [0.2, 0.25) is 0 Å². The number of thiazole rings is 1. The van der Waals surface area contributed by atoms with Crippen molar-refractivity contribution in [3.05, 3.63) is 64.6 Å². The third kappa shape index (κ3) is 4.07. The van der Waals surface area contributed by atoms with Crippen LogP contribution >= 0.6 is 11.3 Å². The van der Waals surface area contributed by atoms with Crippen LogP contribution in [0, 0.1) is 12.7 Å². The average Bonchev–Trinajstić information content (AvgIpc) is 3.30. The van der Waals surface area contributed by atoms with Crippen molar-refractivity contribution in [1.82, 2.24) is 14.8 Å². The van der Waals surface area contributed by atoms with Gasteiger partial charge < -0.3 is 14.2 Å². The molecule has 0 atom stereocenters. The monoisotopic (exact) mass is 413 g/mol. The molecule has 0 aliphatic carbocycles. The van der Waals surface area contributed by atoms with Gasteiger partial charge in [0.25, 0.3) is 11.8 Å². The van der Waals surface area contributed by atoms with Crippen molar-refractivity contribution in [1.29, 1.82) is 0 Å². The van der Waals surface area contributed by atoms with Crippen molar-refractivity contribution in [2.75, 3.05) is 26.2 Å². The largest absolute Gasteiger partial charge is 0.459 e. The molecule has 3 aromatic rings. The van der Waals surface area contributed by atoms with Gasteiger partial charge in [0.1, 0.15) is 17.3 Å². The fourth-order valence-corrected chi connectivity index (χ4v) is 4.08. The van der Waals surface area contributed by atoms with Crippen LogP contribution in [0.1, 0.15) is 33.0 Å². The molecular formula is C21H20FN3O3S. The third-order valence-corrected chi connectivity index (χ3v) is 5.71. The van der Waals surface area contributed by atoms with Crippen molar-refractivity contribution in [2.45, 2.75) is 13.3 Å². The summed E-state index contributed by atoms with van der Waals surface area (Å²) in [6.45, 7) is 3.59. The maximum absolute atomic E-state index is 13.9. The van der Waals surface area contributed by atoms with Gasteiger partial charge in [-0.05, 0) is 37.6 Å². The molecule has 0 radical (unpaired) electrons. The van der Waals surface area contributed by atoms with E-state index in [1.54, 1.807) is 27.3 Å². The van der Waals surface area contributed by atoms with Gasteiger partial charge in [-0.1, -0.05) is 12.1 Å². The van der Waals surface area contributed by atoms with Gasteiger partial charge in [0, 0.05) is 31.6 Å². The zero-order chi connectivity index (χ0) is 20.4. The van der Waals surface area contributed by atoms with Crippen LogP contribution in [-0.4, -0.2) is 52.8 Å². The molecule has 1 aliphatic rings. The maximum Gasteiger partial charge on any atom is 0.273 e. The van der Waals surface area contributed by atoms with E-state index < -0.39 is 5.82 Å². The standard InChI is InChI=1S/C21H20FN3O3S/c1-14-7-8-18(28-14)19-23-17(13-29-19)21(27)25-10-4-9-24(11-12-25)20(26)15-5-2-3-6-16(15)22/h2-3,5-8,13H,4,9-12H2,1H3. The van der Waals surface area contributed by atoms with Crippen molar-refractivity contribution < 1.29 is 18.4 Å². The fraction of sp³-hybridized carbons (Fsp3) is 0.286. The third-order valence-electron chi connectivity index (χ3n) is 4.85. The van der Waals surface area contributed by atoms with Gasteiger partial charge >= 0.3 is 0 Å². The Balaban J connectivity index is 1.43. The molecule has 0 unspecified atom stereocenters. The number of amides is 2. The maximum atomic E-state index is 13.9. The molecule has 1 aliphatic heterocycles. The topological polar surface area (TPSA) is 66.7 Å². The Bertz CT molecular complexity index is 1050. The number of rotatable bonds is 3. The van der Waals surface area contributed by atoms with E-state index in [9.17, 15) is 14.0 Å². The minimum Gasteiger partial charge on any atom is -0.459 e. The number of hydrogen-bond acceptors (Lipinski definition) is 5. The summed E-state index contributed by atoms with van der Waals surface area (Å²) in [5, 5.41) is 2.38. The molecule has 3 heterocycles. The molecule has 1 saturated heterocycles. The number of aromatic nitrogens is 1. The molecule has 6 nitrogen and oxygen atoms in total. The van der Waals surface area contributed by atoms with E-state index in [1.807, 2.05) is 19.1 Å². The summed E-state index contributed by atoms with van der Waals surface area (Å²) < 4.78 is 19.5. The molecule has 8 heteroatoms. The molecule has 2 amide bonds. The number of carbonyl (C=O) groups is 2. The molecule has 2 aromatic heterocycles. The predicted octanol–water partition coefficient (Wildman–Crippen LogP) is 3.84. The number of nitrogens with zero attached hydrogens (tertiary/aromatic N) is 3. The Kier molecular flexibility index (Phi) is 5.44. The zero-order valence-electron chi connectivity index (χ0n) is 15.9. The van der Waals surface area contributed by atoms with E-state index in [0.717, 1.165) is 5.76 Å². The molecule has 150 valence electrons. The highest BCUT2D eigenvalue weighted by atomic mass is 32.1. The summed E-state index contributed by atoms with van der Waals surface area (Å²) in [5.41, 5.74) is 0.429. The minimum absolute atomic E-state index is 0.0603. The van der Waals surface area contributed by atoms with E-state index in [4.69, 9.17) is 4.42 Å². The molecule has 1 fully saturated rings. The Labute approximate surface area is 171 Å². The lowest BCUT2D eigenvalue weighted by molar-refractivity contribution is 0.0713. The molecule has 0 N–H and O–H groups in total. The summed E-state index contributed by atoms with van der Waals surface area (Å²) in [4.78, 5) is 33.2. The van der Waals surface area contributed by atoms with Gasteiger partial charge in [0.15, 0.2) is 10.8 Å². The van der Waals surface area contributed by atoms with Crippen LogP contribution in [-0.2, 0) is 0 Å². The number of hydrogen-bond donors (Lipinski definition) is 0. The number of furan rings is 1. The van der Waals surface area contributed by atoms with Crippen molar-refractivity contribution in [2.24, 2.45) is 0 Å². The quantitative estimate of drug-likeness (QED) is 0.654. The number of benzene rings is 1. The SMILES string of the molecule is Cc1ccc(-c2nc(C(=O)N3CCCN(C(=O)c4ccccc4F)CC3)cs2)o1. The van der Waals surface area contributed by atoms with E-state index in [1.165, 1.54) is 23.5 Å². The van der Waals surface area contributed by atoms with Crippen LogP contribution in [0.5, 0.6) is 0 Å². The second-order valence-electron chi connectivity index (χ2n) is 6.87. The van der Waals surface area contributed by atoms with Crippen LogP contribution in [0.4, 0.5) is 4.39 Å². The highest BCUT2D eigenvalue weighted by molar-refractivity contribution is 7.13. The van der Waals surface area contributed by atoms with Gasteiger partial charge in [-0.3, -0.25) is 9.59 Å². The van der Waals surface area contributed by atoms with Gasteiger partial charge in [0.05, 0.1) is 5.56 Å².